The minimum Gasteiger partial charge on any atom is -0.454 e. The molecule has 0 saturated carbocycles. The van der Waals surface area contributed by atoms with Crippen molar-refractivity contribution in [3.05, 3.63) is 28.8 Å². The van der Waals surface area contributed by atoms with Gasteiger partial charge in [-0.15, -0.1) is 0 Å². The Labute approximate surface area is 133 Å². The van der Waals surface area contributed by atoms with Crippen LogP contribution < -0.4 is 9.47 Å². The molecule has 2 aliphatic heterocycles. The number of hydrogen-bond donors (Lipinski definition) is 0. The van der Waals surface area contributed by atoms with Gasteiger partial charge < -0.3 is 14.4 Å². The molecule has 4 nitrogen and oxygen atoms in total. The predicted molar refractivity (Wildman–Crippen MR) is 85.1 cm³/mol. The van der Waals surface area contributed by atoms with Gasteiger partial charge in [-0.2, -0.15) is 11.8 Å². The topological polar surface area (TPSA) is 38.8 Å². The Balaban J connectivity index is 1.70. The van der Waals surface area contributed by atoms with Crippen molar-refractivity contribution in [2.75, 3.05) is 31.4 Å². The summed E-state index contributed by atoms with van der Waals surface area (Å²) in [4.78, 5) is 14.1. The number of thioether (sulfide) groups is 1. The van der Waals surface area contributed by atoms with Gasteiger partial charge in [-0.3, -0.25) is 4.79 Å². The zero-order valence-electron chi connectivity index (χ0n) is 11.5. The second-order valence-corrected chi connectivity index (χ2v) is 6.49. The second kappa shape index (κ2) is 6.62. The molecule has 1 fully saturated rings. The van der Waals surface area contributed by atoms with E-state index >= 15 is 0 Å². The van der Waals surface area contributed by atoms with E-state index in [0.29, 0.717) is 16.5 Å². The largest absolute Gasteiger partial charge is 0.454 e. The number of hydrogen-bond acceptors (Lipinski definition) is 4. The molecule has 0 atom stereocenters. The van der Waals surface area contributed by atoms with Gasteiger partial charge in [-0.05, 0) is 35.9 Å². The zero-order chi connectivity index (χ0) is 14.7. The number of carbonyl (C=O) groups is 1. The number of ether oxygens (including phenoxy) is 2. The molecule has 6 heteroatoms. The fourth-order valence-electron chi connectivity index (χ4n) is 2.32. The normalized spacial score (nSPS) is 18.0. The Hall–Kier alpha value is -1.33. The van der Waals surface area contributed by atoms with E-state index in [9.17, 15) is 4.79 Å². The van der Waals surface area contributed by atoms with Crippen LogP contribution in [0.25, 0.3) is 6.08 Å². The summed E-state index contributed by atoms with van der Waals surface area (Å²) in [6.07, 6.45) is 4.43. The van der Waals surface area contributed by atoms with Gasteiger partial charge in [0.1, 0.15) is 0 Å². The minimum atomic E-state index is 0.0475. The molecule has 3 rings (SSSR count). The van der Waals surface area contributed by atoms with E-state index in [0.717, 1.165) is 36.6 Å². The van der Waals surface area contributed by atoms with E-state index in [-0.39, 0.29) is 12.7 Å². The lowest BCUT2D eigenvalue weighted by atomic mass is 10.2. The van der Waals surface area contributed by atoms with Crippen LogP contribution in [-0.4, -0.2) is 42.2 Å². The summed E-state index contributed by atoms with van der Waals surface area (Å²) >= 11 is 8.02. The molecule has 1 saturated heterocycles. The van der Waals surface area contributed by atoms with Crippen LogP contribution in [0, 0.1) is 0 Å². The number of halogens is 1. The van der Waals surface area contributed by atoms with Crippen LogP contribution in [0.1, 0.15) is 12.0 Å². The molecule has 0 unspecified atom stereocenters. The Morgan fingerprint density at radius 2 is 2.19 bits per heavy atom. The molecule has 1 amide bonds. The minimum absolute atomic E-state index is 0.0475. The van der Waals surface area contributed by atoms with Crippen molar-refractivity contribution in [2.45, 2.75) is 6.42 Å². The first-order valence-electron chi connectivity index (χ1n) is 6.88. The van der Waals surface area contributed by atoms with Crippen LogP contribution in [0.5, 0.6) is 11.5 Å². The molecule has 0 radical (unpaired) electrons. The molecule has 1 aromatic rings. The number of benzene rings is 1. The molecule has 0 bridgehead atoms. The first kappa shape index (κ1) is 14.6. The molecule has 0 spiro atoms. The lowest BCUT2D eigenvalue weighted by molar-refractivity contribution is -0.125. The molecule has 2 heterocycles. The summed E-state index contributed by atoms with van der Waals surface area (Å²) in [5, 5.41) is 0.503. The first-order valence-corrected chi connectivity index (χ1v) is 8.41. The highest BCUT2D eigenvalue weighted by molar-refractivity contribution is 7.99. The van der Waals surface area contributed by atoms with Gasteiger partial charge in [-0.1, -0.05) is 11.6 Å². The van der Waals surface area contributed by atoms with Gasteiger partial charge in [0.15, 0.2) is 11.5 Å². The molecule has 112 valence electrons. The third-order valence-corrected chi connectivity index (χ3v) is 4.73. The third-order valence-electron chi connectivity index (χ3n) is 3.40. The number of fused-ring (bicyclic) bond motifs is 1. The van der Waals surface area contributed by atoms with Gasteiger partial charge in [0.25, 0.3) is 0 Å². The van der Waals surface area contributed by atoms with Crippen LogP contribution >= 0.6 is 23.4 Å². The third kappa shape index (κ3) is 3.47. The highest BCUT2D eigenvalue weighted by Gasteiger charge is 2.18. The Bertz CT molecular complexity index is 568. The van der Waals surface area contributed by atoms with Crippen molar-refractivity contribution in [3.63, 3.8) is 0 Å². The Morgan fingerprint density at radius 3 is 3.10 bits per heavy atom. The van der Waals surface area contributed by atoms with Gasteiger partial charge in [-0.25, -0.2) is 0 Å². The number of amides is 1. The maximum atomic E-state index is 12.2. The molecular formula is C15H16ClNO3S. The van der Waals surface area contributed by atoms with Crippen molar-refractivity contribution >= 4 is 35.3 Å². The predicted octanol–water partition coefficient (Wildman–Crippen LogP) is 3.05. The molecule has 1 aromatic carbocycles. The molecule has 0 N–H and O–H groups in total. The summed E-state index contributed by atoms with van der Waals surface area (Å²) in [6, 6.07) is 3.60. The molecule has 2 aliphatic rings. The number of rotatable bonds is 2. The van der Waals surface area contributed by atoms with E-state index in [1.165, 1.54) is 0 Å². The molecule has 0 aromatic heterocycles. The van der Waals surface area contributed by atoms with Crippen molar-refractivity contribution in [1.82, 2.24) is 4.90 Å². The molecule has 21 heavy (non-hydrogen) atoms. The van der Waals surface area contributed by atoms with Gasteiger partial charge in [0.05, 0.1) is 5.02 Å². The summed E-state index contributed by atoms with van der Waals surface area (Å²) in [5.41, 5.74) is 0.835. The highest BCUT2D eigenvalue weighted by atomic mass is 35.5. The van der Waals surface area contributed by atoms with Crippen LogP contribution in [0.15, 0.2) is 18.2 Å². The van der Waals surface area contributed by atoms with Crippen molar-refractivity contribution in [3.8, 4) is 11.5 Å². The molecule has 0 aliphatic carbocycles. The van der Waals surface area contributed by atoms with E-state index in [2.05, 4.69) is 0 Å². The lowest BCUT2D eigenvalue weighted by Gasteiger charge is -2.17. The van der Waals surface area contributed by atoms with Crippen molar-refractivity contribution in [2.24, 2.45) is 0 Å². The lowest BCUT2D eigenvalue weighted by Crippen LogP contribution is -2.31. The fourth-order valence-corrected chi connectivity index (χ4v) is 3.48. The monoisotopic (exact) mass is 325 g/mol. The van der Waals surface area contributed by atoms with E-state index in [1.54, 1.807) is 18.2 Å². The highest BCUT2D eigenvalue weighted by Crippen LogP contribution is 2.40. The van der Waals surface area contributed by atoms with Crippen molar-refractivity contribution < 1.29 is 14.3 Å². The standard InChI is InChI=1S/C15H16ClNO3S/c16-12-8-11(9-13-15(12)20-10-19-13)2-3-14(18)17-4-1-6-21-7-5-17/h2-3,8-9H,1,4-7,10H2. The summed E-state index contributed by atoms with van der Waals surface area (Å²) in [7, 11) is 0. The smallest absolute Gasteiger partial charge is 0.246 e. The average Bonchev–Trinajstić information content (AvgIpc) is 2.79. The van der Waals surface area contributed by atoms with Crippen LogP contribution in [0.2, 0.25) is 5.02 Å². The second-order valence-electron chi connectivity index (χ2n) is 4.86. The quantitative estimate of drug-likeness (QED) is 0.783. The Kier molecular flexibility index (Phi) is 4.60. The average molecular weight is 326 g/mol. The zero-order valence-corrected chi connectivity index (χ0v) is 13.1. The van der Waals surface area contributed by atoms with E-state index in [1.807, 2.05) is 22.7 Å². The van der Waals surface area contributed by atoms with Crippen molar-refractivity contribution in [1.29, 1.82) is 0 Å². The SMILES string of the molecule is O=C(C=Cc1cc(Cl)c2c(c1)OCO2)N1CCCSCC1. The van der Waals surface area contributed by atoms with Crippen LogP contribution in [0.3, 0.4) is 0 Å². The Morgan fingerprint density at radius 1 is 1.29 bits per heavy atom. The van der Waals surface area contributed by atoms with Gasteiger partial charge in [0.2, 0.25) is 12.7 Å². The van der Waals surface area contributed by atoms with Gasteiger partial charge >= 0.3 is 0 Å². The maximum Gasteiger partial charge on any atom is 0.246 e. The first-order chi connectivity index (χ1) is 10.2. The molecular weight excluding hydrogens is 310 g/mol. The summed E-state index contributed by atoms with van der Waals surface area (Å²) in [6.45, 7) is 1.83. The summed E-state index contributed by atoms with van der Waals surface area (Å²) < 4.78 is 10.6. The van der Waals surface area contributed by atoms with E-state index < -0.39 is 0 Å². The van der Waals surface area contributed by atoms with Crippen LogP contribution in [0.4, 0.5) is 0 Å². The number of nitrogens with zero attached hydrogens (tertiary/aromatic N) is 1. The fraction of sp³-hybridized carbons (Fsp3) is 0.400. The van der Waals surface area contributed by atoms with Crippen LogP contribution in [-0.2, 0) is 4.79 Å². The number of carbonyl (C=O) groups excluding carboxylic acids is 1. The maximum absolute atomic E-state index is 12.2. The van der Waals surface area contributed by atoms with Gasteiger partial charge in [0, 0.05) is 24.9 Å². The summed E-state index contributed by atoms with van der Waals surface area (Å²) in [5.74, 6) is 3.39. The van der Waals surface area contributed by atoms with E-state index in [4.69, 9.17) is 21.1 Å².